The second-order valence-electron chi connectivity index (χ2n) is 4.00. The standard InChI is InChI=1S/C12H16FN/c1-9-11(5-2-6-12(9)13)10-4-3-7-14-8-10/h2,5-6,10,14H,3-4,7-8H2,1H3. The van der Waals surface area contributed by atoms with E-state index in [1.807, 2.05) is 13.0 Å². The summed E-state index contributed by atoms with van der Waals surface area (Å²) in [6.45, 7) is 3.97. The van der Waals surface area contributed by atoms with Gasteiger partial charge in [-0.1, -0.05) is 12.1 Å². The Hall–Kier alpha value is -0.890. The molecule has 76 valence electrons. The maximum atomic E-state index is 13.3. The first kappa shape index (κ1) is 9.66. The van der Waals surface area contributed by atoms with Crippen molar-refractivity contribution in [2.45, 2.75) is 25.7 Å². The van der Waals surface area contributed by atoms with Crippen LogP contribution in [0, 0.1) is 12.7 Å². The van der Waals surface area contributed by atoms with E-state index in [9.17, 15) is 4.39 Å². The van der Waals surface area contributed by atoms with Crippen LogP contribution in [0.2, 0.25) is 0 Å². The molecular weight excluding hydrogens is 177 g/mol. The van der Waals surface area contributed by atoms with Gasteiger partial charge in [0, 0.05) is 6.54 Å². The zero-order valence-corrected chi connectivity index (χ0v) is 8.52. The van der Waals surface area contributed by atoms with Gasteiger partial charge in [0.25, 0.3) is 0 Å². The molecule has 1 atom stereocenters. The van der Waals surface area contributed by atoms with Gasteiger partial charge >= 0.3 is 0 Å². The predicted octanol–water partition coefficient (Wildman–Crippen LogP) is 2.60. The largest absolute Gasteiger partial charge is 0.316 e. The molecule has 0 aromatic heterocycles. The number of benzene rings is 1. The number of piperidine rings is 1. The molecule has 1 unspecified atom stereocenters. The van der Waals surface area contributed by atoms with Gasteiger partial charge in [-0.05, 0) is 49.4 Å². The van der Waals surface area contributed by atoms with E-state index in [-0.39, 0.29) is 5.82 Å². The van der Waals surface area contributed by atoms with Crippen molar-refractivity contribution in [3.63, 3.8) is 0 Å². The summed E-state index contributed by atoms with van der Waals surface area (Å²) in [6.07, 6.45) is 2.37. The van der Waals surface area contributed by atoms with E-state index < -0.39 is 0 Å². The number of halogens is 1. The summed E-state index contributed by atoms with van der Waals surface area (Å²) in [5.74, 6) is 0.424. The molecule has 0 radical (unpaired) electrons. The lowest BCUT2D eigenvalue weighted by Gasteiger charge is -2.24. The average Bonchev–Trinajstić information content (AvgIpc) is 2.23. The van der Waals surface area contributed by atoms with Gasteiger partial charge in [0.15, 0.2) is 0 Å². The molecule has 1 aliphatic rings. The van der Waals surface area contributed by atoms with Crippen LogP contribution in [0.15, 0.2) is 18.2 Å². The molecule has 0 saturated carbocycles. The molecule has 1 N–H and O–H groups in total. The summed E-state index contributed by atoms with van der Waals surface area (Å²) in [5.41, 5.74) is 2.00. The Labute approximate surface area is 84.3 Å². The van der Waals surface area contributed by atoms with Gasteiger partial charge in [0.1, 0.15) is 5.82 Å². The number of nitrogens with one attached hydrogen (secondary N) is 1. The molecular formula is C12H16FN. The fraction of sp³-hybridized carbons (Fsp3) is 0.500. The highest BCUT2D eigenvalue weighted by atomic mass is 19.1. The lowest BCUT2D eigenvalue weighted by atomic mass is 9.89. The van der Waals surface area contributed by atoms with E-state index in [1.54, 1.807) is 0 Å². The van der Waals surface area contributed by atoms with Gasteiger partial charge in [-0.3, -0.25) is 0 Å². The van der Waals surface area contributed by atoms with Crippen LogP contribution >= 0.6 is 0 Å². The summed E-state index contributed by atoms with van der Waals surface area (Å²) in [5, 5.41) is 3.36. The highest BCUT2D eigenvalue weighted by Gasteiger charge is 2.17. The van der Waals surface area contributed by atoms with E-state index in [1.165, 1.54) is 24.5 Å². The van der Waals surface area contributed by atoms with Crippen molar-refractivity contribution in [3.05, 3.63) is 35.1 Å². The fourth-order valence-electron chi connectivity index (χ4n) is 2.18. The minimum absolute atomic E-state index is 0.0759. The lowest BCUT2D eigenvalue weighted by Crippen LogP contribution is -2.28. The molecule has 0 aliphatic carbocycles. The molecule has 14 heavy (non-hydrogen) atoms. The Morgan fingerprint density at radius 1 is 1.43 bits per heavy atom. The van der Waals surface area contributed by atoms with Gasteiger partial charge in [-0.25, -0.2) is 4.39 Å². The summed E-state index contributed by atoms with van der Waals surface area (Å²) < 4.78 is 13.3. The topological polar surface area (TPSA) is 12.0 Å². The number of hydrogen-bond acceptors (Lipinski definition) is 1. The van der Waals surface area contributed by atoms with Crippen LogP contribution in [0.4, 0.5) is 4.39 Å². The van der Waals surface area contributed by atoms with Crippen molar-refractivity contribution < 1.29 is 4.39 Å². The minimum Gasteiger partial charge on any atom is -0.316 e. The lowest BCUT2D eigenvalue weighted by molar-refractivity contribution is 0.458. The zero-order valence-electron chi connectivity index (χ0n) is 8.52. The molecule has 1 heterocycles. The molecule has 2 rings (SSSR count). The van der Waals surface area contributed by atoms with Gasteiger partial charge in [-0.15, -0.1) is 0 Å². The molecule has 1 aromatic carbocycles. The van der Waals surface area contributed by atoms with E-state index in [2.05, 4.69) is 11.4 Å². The van der Waals surface area contributed by atoms with Crippen molar-refractivity contribution in [3.8, 4) is 0 Å². The SMILES string of the molecule is Cc1c(F)cccc1C1CCCNC1. The Morgan fingerprint density at radius 3 is 3.00 bits per heavy atom. The van der Waals surface area contributed by atoms with E-state index in [0.717, 1.165) is 18.7 Å². The quantitative estimate of drug-likeness (QED) is 0.723. The highest BCUT2D eigenvalue weighted by Crippen LogP contribution is 2.26. The summed E-state index contributed by atoms with van der Waals surface area (Å²) in [4.78, 5) is 0. The first-order valence-electron chi connectivity index (χ1n) is 5.25. The van der Waals surface area contributed by atoms with E-state index in [0.29, 0.717) is 5.92 Å². The molecule has 0 bridgehead atoms. The van der Waals surface area contributed by atoms with Gasteiger partial charge in [0.2, 0.25) is 0 Å². The smallest absolute Gasteiger partial charge is 0.126 e. The van der Waals surface area contributed by atoms with Crippen LogP contribution in [0.25, 0.3) is 0 Å². The molecule has 1 saturated heterocycles. The molecule has 1 aromatic rings. The van der Waals surface area contributed by atoms with Crippen molar-refractivity contribution in [1.82, 2.24) is 5.32 Å². The number of hydrogen-bond donors (Lipinski definition) is 1. The van der Waals surface area contributed by atoms with Crippen LogP contribution in [0.1, 0.15) is 29.9 Å². The second-order valence-corrected chi connectivity index (χ2v) is 4.00. The third-order valence-electron chi connectivity index (χ3n) is 3.05. The monoisotopic (exact) mass is 193 g/mol. The third-order valence-corrected chi connectivity index (χ3v) is 3.05. The maximum Gasteiger partial charge on any atom is 0.126 e. The molecule has 2 heteroatoms. The summed E-state index contributed by atoms with van der Waals surface area (Å²) in [7, 11) is 0. The Balaban J connectivity index is 2.26. The van der Waals surface area contributed by atoms with Crippen LogP contribution < -0.4 is 5.32 Å². The average molecular weight is 193 g/mol. The second kappa shape index (κ2) is 4.09. The van der Waals surface area contributed by atoms with Crippen molar-refractivity contribution in [2.24, 2.45) is 0 Å². The molecule has 0 amide bonds. The number of rotatable bonds is 1. The third kappa shape index (κ3) is 1.80. The zero-order chi connectivity index (χ0) is 9.97. The minimum atomic E-state index is -0.0759. The van der Waals surface area contributed by atoms with Gasteiger partial charge < -0.3 is 5.32 Å². The van der Waals surface area contributed by atoms with Gasteiger partial charge in [0.05, 0.1) is 0 Å². The van der Waals surface area contributed by atoms with Crippen molar-refractivity contribution >= 4 is 0 Å². The highest BCUT2D eigenvalue weighted by molar-refractivity contribution is 5.31. The fourth-order valence-corrected chi connectivity index (χ4v) is 2.18. The van der Waals surface area contributed by atoms with Crippen LogP contribution in [-0.4, -0.2) is 13.1 Å². The molecule has 1 nitrogen and oxygen atoms in total. The normalized spacial score (nSPS) is 22.3. The Morgan fingerprint density at radius 2 is 2.29 bits per heavy atom. The molecule has 0 spiro atoms. The molecule has 1 fully saturated rings. The first-order chi connectivity index (χ1) is 6.79. The van der Waals surface area contributed by atoms with Crippen LogP contribution in [0.3, 0.4) is 0 Å². The summed E-state index contributed by atoms with van der Waals surface area (Å²) in [6, 6.07) is 5.40. The van der Waals surface area contributed by atoms with Crippen LogP contribution in [-0.2, 0) is 0 Å². The Kier molecular flexibility index (Phi) is 2.82. The van der Waals surface area contributed by atoms with Crippen molar-refractivity contribution in [1.29, 1.82) is 0 Å². The Bertz CT molecular complexity index is 316. The molecule has 1 aliphatic heterocycles. The van der Waals surface area contributed by atoms with Gasteiger partial charge in [-0.2, -0.15) is 0 Å². The van der Waals surface area contributed by atoms with Crippen LogP contribution in [0.5, 0.6) is 0 Å². The summed E-state index contributed by atoms with van der Waals surface area (Å²) >= 11 is 0. The first-order valence-corrected chi connectivity index (χ1v) is 5.25. The predicted molar refractivity (Wildman–Crippen MR) is 56.0 cm³/mol. The maximum absolute atomic E-state index is 13.3. The van der Waals surface area contributed by atoms with E-state index >= 15 is 0 Å². The van der Waals surface area contributed by atoms with E-state index in [4.69, 9.17) is 0 Å². The van der Waals surface area contributed by atoms with Crippen molar-refractivity contribution in [2.75, 3.05) is 13.1 Å².